The molecule has 2 fully saturated rings. The first kappa shape index (κ1) is 18.0. The summed E-state index contributed by atoms with van der Waals surface area (Å²) in [7, 11) is 3.91. The Morgan fingerprint density at radius 1 is 1.19 bits per heavy atom. The van der Waals surface area contributed by atoms with E-state index in [1.165, 1.54) is 0 Å². The van der Waals surface area contributed by atoms with Crippen LogP contribution in [0.4, 0.5) is 0 Å². The Morgan fingerprint density at radius 2 is 1.96 bits per heavy atom. The molecular weight excluding hydrogens is 342 g/mol. The number of amides is 1. The van der Waals surface area contributed by atoms with Crippen LogP contribution in [0.1, 0.15) is 35.3 Å². The first-order valence-electron chi connectivity index (χ1n) is 9.63. The molecule has 0 aliphatic carbocycles. The number of hydrogen-bond acceptors (Lipinski definition) is 3. The molecule has 0 radical (unpaired) electrons. The minimum atomic E-state index is -0.723. The minimum Gasteiger partial charge on any atom is -0.481 e. The fourth-order valence-corrected chi connectivity index (χ4v) is 5.16. The number of benzene rings is 1. The van der Waals surface area contributed by atoms with Crippen molar-refractivity contribution in [1.29, 1.82) is 0 Å². The Balaban J connectivity index is 1.65. The number of fused-ring (bicyclic) bond motifs is 2. The molecule has 0 spiro atoms. The summed E-state index contributed by atoms with van der Waals surface area (Å²) in [4.78, 5) is 29.3. The molecule has 2 saturated heterocycles. The molecule has 4 rings (SSSR count). The second-order valence-corrected chi connectivity index (χ2v) is 8.16. The van der Waals surface area contributed by atoms with E-state index < -0.39 is 11.4 Å². The molecule has 6 heteroatoms. The Morgan fingerprint density at radius 3 is 2.67 bits per heavy atom. The van der Waals surface area contributed by atoms with E-state index in [9.17, 15) is 14.7 Å². The van der Waals surface area contributed by atoms with Gasteiger partial charge in [-0.15, -0.1) is 0 Å². The van der Waals surface area contributed by atoms with E-state index in [1.54, 1.807) is 0 Å². The number of aliphatic carboxylic acids is 1. The van der Waals surface area contributed by atoms with Crippen molar-refractivity contribution >= 4 is 22.8 Å². The lowest BCUT2D eigenvalue weighted by molar-refractivity contribution is -0.161. The number of aromatic nitrogens is 1. The van der Waals surface area contributed by atoms with Gasteiger partial charge in [0.15, 0.2) is 0 Å². The molecule has 27 heavy (non-hydrogen) atoms. The summed E-state index contributed by atoms with van der Waals surface area (Å²) in [6.45, 7) is 3.91. The Kier molecular flexibility index (Phi) is 4.26. The van der Waals surface area contributed by atoms with Crippen LogP contribution in [-0.2, 0) is 11.8 Å². The third kappa shape index (κ3) is 2.65. The van der Waals surface area contributed by atoms with Crippen LogP contribution in [0.3, 0.4) is 0 Å². The molecule has 1 aromatic carbocycles. The summed E-state index contributed by atoms with van der Waals surface area (Å²) in [5.41, 5.74) is 2.16. The van der Waals surface area contributed by atoms with Gasteiger partial charge in [-0.05, 0) is 51.4 Å². The van der Waals surface area contributed by atoms with Crippen molar-refractivity contribution in [3.8, 4) is 0 Å². The largest absolute Gasteiger partial charge is 0.481 e. The third-order valence-corrected chi connectivity index (χ3v) is 6.72. The van der Waals surface area contributed by atoms with Gasteiger partial charge in [-0.1, -0.05) is 18.2 Å². The molecule has 2 aliphatic rings. The van der Waals surface area contributed by atoms with E-state index in [2.05, 4.69) is 17.9 Å². The molecule has 0 saturated carbocycles. The molecule has 2 aromatic rings. The Hall–Kier alpha value is -2.34. The summed E-state index contributed by atoms with van der Waals surface area (Å²) in [6.07, 6.45) is 2.12. The second-order valence-electron chi connectivity index (χ2n) is 8.16. The predicted molar refractivity (Wildman–Crippen MR) is 104 cm³/mol. The maximum atomic E-state index is 13.3. The number of likely N-dealkylation sites (N-methyl/N-ethyl adjacent to an activating group) is 1. The number of nitrogens with zero attached hydrogens (tertiary/aromatic N) is 3. The average Bonchev–Trinajstić information content (AvgIpc) is 2.99. The van der Waals surface area contributed by atoms with Crippen molar-refractivity contribution in [3.63, 3.8) is 0 Å². The zero-order valence-corrected chi connectivity index (χ0v) is 16.2. The van der Waals surface area contributed by atoms with Crippen molar-refractivity contribution < 1.29 is 14.7 Å². The molecule has 6 nitrogen and oxygen atoms in total. The van der Waals surface area contributed by atoms with Crippen molar-refractivity contribution in [3.05, 3.63) is 35.5 Å². The van der Waals surface area contributed by atoms with E-state index in [-0.39, 0.29) is 11.9 Å². The quantitative estimate of drug-likeness (QED) is 0.883. The number of carboxylic acids is 1. The van der Waals surface area contributed by atoms with Crippen LogP contribution in [0.2, 0.25) is 0 Å². The van der Waals surface area contributed by atoms with Crippen LogP contribution >= 0.6 is 0 Å². The highest BCUT2D eigenvalue weighted by Crippen LogP contribution is 2.42. The summed E-state index contributed by atoms with van der Waals surface area (Å²) in [6, 6.07) is 7.91. The highest BCUT2D eigenvalue weighted by Gasteiger charge is 2.53. The van der Waals surface area contributed by atoms with Gasteiger partial charge < -0.3 is 19.5 Å². The van der Waals surface area contributed by atoms with Crippen molar-refractivity contribution in [2.24, 2.45) is 12.5 Å². The average molecular weight is 369 g/mol. The monoisotopic (exact) mass is 369 g/mol. The van der Waals surface area contributed by atoms with Crippen LogP contribution < -0.4 is 0 Å². The normalized spacial score (nSPS) is 26.2. The summed E-state index contributed by atoms with van der Waals surface area (Å²) >= 11 is 0. The number of likely N-dealkylation sites (tertiary alicyclic amines) is 2. The molecule has 1 aromatic heterocycles. The zero-order chi connectivity index (χ0) is 19.3. The van der Waals surface area contributed by atoms with Crippen molar-refractivity contribution in [2.45, 2.75) is 32.2 Å². The topological polar surface area (TPSA) is 65.8 Å². The minimum absolute atomic E-state index is 0.00828. The molecule has 3 heterocycles. The van der Waals surface area contributed by atoms with Crippen LogP contribution in [0.5, 0.6) is 0 Å². The number of aryl methyl sites for hydroxylation is 2. The molecular formula is C21H27N3O3. The lowest BCUT2D eigenvalue weighted by atomic mass is 9.68. The first-order valence-corrected chi connectivity index (χ1v) is 9.63. The van der Waals surface area contributed by atoms with Gasteiger partial charge in [-0.25, -0.2) is 0 Å². The second kappa shape index (κ2) is 6.37. The number of carboxylic acid groups (broad SMARTS) is 1. The summed E-state index contributed by atoms with van der Waals surface area (Å²) in [5.74, 6) is -0.725. The van der Waals surface area contributed by atoms with Gasteiger partial charge in [0.05, 0.1) is 10.9 Å². The first-order chi connectivity index (χ1) is 12.8. The molecule has 0 bridgehead atoms. The van der Waals surface area contributed by atoms with Gasteiger partial charge in [-0.2, -0.15) is 0 Å². The number of carbonyl (C=O) groups excluding carboxylic acids is 1. The SMILES string of the molecule is Cc1cccc2cc(C(=O)N3CC[C@@]4(C(=O)O)CCCN(C)[C@@H]4C3)n(C)c12. The highest BCUT2D eigenvalue weighted by molar-refractivity contribution is 5.99. The standard InChI is InChI=1S/C21H27N3O3/c1-14-6-4-7-15-12-16(23(3)18(14)15)19(25)24-11-9-21(20(26)27)8-5-10-22(2)17(21)13-24/h4,6-7,12,17H,5,8-11,13H2,1-3H3,(H,26,27)/t17-,21+/m1/s1. The molecule has 2 atom stereocenters. The van der Waals surface area contributed by atoms with E-state index >= 15 is 0 Å². The predicted octanol–water partition coefficient (Wildman–Crippen LogP) is 2.50. The number of para-hydroxylation sites is 1. The van der Waals surface area contributed by atoms with Crippen molar-refractivity contribution in [2.75, 3.05) is 26.7 Å². The number of hydrogen-bond donors (Lipinski definition) is 1. The van der Waals surface area contributed by atoms with Gasteiger partial charge in [0, 0.05) is 31.6 Å². The number of carbonyl (C=O) groups is 2. The van der Waals surface area contributed by atoms with Gasteiger partial charge >= 0.3 is 5.97 Å². The van der Waals surface area contributed by atoms with Crippen LogP contribution in [0, 0.1) is 12.3 Å². The number of rotatable bonds is 2. The smallest absolute Gasteiger partial charge is 0.311 e. The van der Waals surface area contributed by atoms with Crippen molar-refractivity contribution in [1.82, 2.24) is 14.4 Å². The maximum absolute atomic E-state index is 13.3. The van der Waals surface area contributed by atoms with Crippen LogP contribution in [0.25, 0.3) is 10.9 Å². The van der Waals surface area contributed by atoms with Crippen LogP contribution in [-0.4, -0.2) is 64.1 Å². The van der Waals surface area contributed by atoms with Gasteiger partial charge in [0.2, 0.25) is 0 Å². The van der Waals surface area contributed by atoms with E-state index in [0.717, 1.165) is 29.4 Å². The lowest BCUT2D eigenvalue weighted by Crippen LogP contribution is -2.63. The van der Waals surface area contributed by atoms with E-state index in [4.69, 9.17) is 0 Å². The fraction of sp³-hybridized carbons (Fsp3) is 0.524. The third-order valence-electron chi connectivity index (χ3n) is 6.72. The lowest BCUT2D eigenvalue weighted by Gasteiger charge is -2.51. The van der Waals surface area contributed by atoms with Crippen LogP contribution in [0.15, 0.2) is 24.3 Å². The summed E-state index contributed by atoms with van der Waals surface area (Å²) in [5, 5.41) is 11.0. The summed E-state index contributed by atoms with van der Waals surface area (Å²) < 4.78 is 1.97. The Labute approximate surface area is 159 Å². The van der Waals surface area contributed by atoms with Gasteiger partial charge in [-0.3, -0.25) is 9.59 Å². The maximum Gasteiger partial charge on any atom is 0.311 e. The van der Waals surface area contributed by atoms with Gasteiger partial charge in [0.25, 0.3) is 5.91 Å². The zero-order valence-electron chi connectivity index (χ0n) is 16.2. The molecule has 144 valence electrons. The highest BCUT2D eigenvalue weighted by atomic mass is 16.4. The molecule has 1 amide bonds. The molecule has 0 unspecified atom stereocenters. The Bertz CT molecular complexity index is 919. The number of piperidine rings is 2. The van der Waals surface area contributed by atoms with E-state index in [1.807, 2.05) is 41.8 Å². The molecule has 2 aliphatic heterocycles. The molecule has 1 N–H and O–H groups in total. The van der Waals surface area contributed by atoms with Gasteiger partial charge in [0.1, 0.15) is 5.69 Å². The van der Waals surface area contributed by atoms with E-state index in [0.29, 0.717) is 31.6 Å². The fourth-order valence-electron chi connectivity index (χ4n) is 5.16.